The van der Waals surface area contributed by atoms with Crippen LogP contribution in [0, 0.1) is 0 Å². The lowest BCUT2D eigenvalue weighted by Gasteiger charge is -2.11. The van der Waals surface area contributed by atoms with Gasteiger partial charge in [-0.15, -0.1) is 0 Å². The molecule has 9 heavy (non-hydrogen) atoms. The Kier molecular flexibility index (Phi) is 3.34. The van der Waals surface area contributed by atoms with E-state index >= 15 is 0 Å². The summed E-state index contributed by atoms with van der Waals surface area (Å²) in [7, 11) is 0. The normalized spacial score (nSPS) is 11.0. The summed E-state index contributed by atoms with van der Waals surface area (Å²) in [5.41, 5.74) is 0. The molecule has 54 valence electrons. The van der Waals surface area contributed by atoms with Gasteiger partial charge >= 0.3 is 5.95 Å². The van der Waals surface area contributed by atoms with Crippen LogP contribution in [0.3, 0.4) is 0 Å². The quantitative estimate of drug-likeness (QED) is 0.384. The summed E-state index contributed by atoms with van der Waals surface area (Å²) in [5.74, 6) is -1.43. The first kappa shape index (κ1) is 9.60. The summed E-state index contributed by atoms with van der Waals surface area (Å²) in [6, 6.07) is 0. The van der Waals surface area contributed by atoms with Crippen molar-refractivity contribution < 1.29 is 15.3 Å². The van der Waals surface area contributed by atoms with E-state index in [1.165, 1.54) is 0 Å². The van der Waals surface area contributed by atoms with E-state index in [1.54, 1.807) is 6.92 Å². The minimum Gasteiger partial charge on any atom is -0.504 e. The van der Waals surface area contributed by atoms with Crippen LogP contribution in [0.2, 0.25) is 0 Å². The molecule has 3 N–H and O–H groups in total. The largest absolute Gasteiger partial charge is 0.504 e. The molecule has 0 aromatic carbocycles. The van der Waals surface area contributed by atoms with Gasteiger partial charge in [0, 0.05) is 0 Å². The molecule has 3 nitrogen and oxygen atoms in total. The first-order chi connectivity index (χ1) is 3.85. The Hall–Kier alpha value is 0.600. The molecular formula is C4H6I2O3. The fraction of sp³-hybridized carbons (Fsp3) is 0.500. The average molecular weight is 356 g/mol. The number of allylic oxidation sites excluding steroid dienone is 1. The maximum atomic E-state index is 8.83. The van der Waals surface area contributed by atoms with E-state index in [0.29, 0.717) is 0 Å². The summed E-state index contributed by atoms with van der Waals surface area (Å²) >= 11 is 3.75. The van der Waals surface area contributed by atoms with E-state index in [4.69, 9.17) is 15.3 Å². The van der Waals surface area contributed by atoms with Gasteiger partial charge in [0.15, 0.2) is 5.76 Å². The first-order valence-corrected chi connectivity index (χ1v) is 4.21. The van der Waals surface area contributed by atoms with Crippen LogP contribution in [0.25, 0.3) is 0 Å². The molecule has 0 rings (SSSR count). The fourth-order valence-electron chi connectivity index (χ4n) is 0.196. The van der Waals surface area contributed by atoms with Crippen molar-refractivity contribution >= 4 is 45.2 Å². The van der Waals surface area contributed by atoms with Gasteiger partial charge in [0.1, 0.15) is 1.43 Å². The summed E-state index contributed by atoms with van der Waals surface area (Å²) in [6.45, 7) is 1.65. The molecular weight excluding hydrogens is 350 g/mol. The molecule has 0 bridgehead atoms. The predicted octanol–water partition coefficient (Wildman–Crippen LogP) is 2.42. The number of alkyl halides is 2. The molecule has 0 aliphatic carbocycles. The molecule has 0 aliphatic heterocycles. The van der Waals surface area contributed by atoms with E-state index in [2.05, 4.69) is 0 Å². The van der Waals surface area contributed by atoms with Gasteiger partial charge in [-0.3, -0.25) is 0 Å². The predicted molar refractivity (Wildman–Crippen MR) is 51.4 cm³/mol. The van der Waals surface area contributed by atoms with Gasteiger partial charge in [-0.1, -0.05) is 45.2 Å². The van der Waals surface area contributed by atoms with E-state index in [-0.39, 0.29) is 0 Å². The van der Waals surface area contributed by atoms with Crippen molar-refractivity contribution in [3.63, 3.8) is 0 Å². The van der Waals surface area contributed by atoms with Crippen molar-refractivity contribution in [2.75, 3.05) is 0 Å². The summed E-state index contributed by atoms with van der Waals surface area (Å²) in [6.07, 6.45) is 0. The second-order valence-electron chi connectivity index (χ2n) is 1.56. The average Bonchev–Trinajstić information content (AvgIpc) is 1.62. The van der Waals surface area contributed by atoms with Crippen molar-refractivity contribution in [3.8, 4) is 0 Å². The van der Waals surface area contributed by atoms with Gasteiger partial charge in [-0.05, 0) is 6.92 Å². The molecule has 0 amide bonds. The van der Waals surface area contributed by atoms with Gasteiger partial charge < -0.3 is 15.3 Å². The highest BCUT2D eigenvalue weighted by atomic mass is 127. The van der Waals surface area contributed by atoms with Gasteiger partial charge in [-0.25, -0.2) is 0 Å². The lowest BCUT2D eigenvalue weighted by molar-refractivity contribution is 0.156. The summed E-state index contributed by atoms with van der Waals surface area (Å²) in [4.78, 5) is 0. The zero-order valence-corrected chi connectivity index (χ0v) is 8.91. The third-order valence-corrected chi connectivity index (χ3v) is 1.65. The number of aliphatic hydroxyl groups is 3. The highest BCUT2D eigenvalue weighted by Gasteiger charge is 2.24. The van der Waals surface area contributed by atoms with Gasteiger partial charge in [-0.2, -0.15) is 0 Å². The second-order valence-corrected chi connectivity index (χ2v) is 7.94. The topological polar surface area (TPSA) is 60.7 Å². The third-order valence-electron chi connectivity index (χ3n) is 0.628. The van der Waals surface area contributed by atoms with E-state index in [1.807, 2.05) is 45.2 Å². The van der Waals surface area contributed by atoms with Gasteiger partial charge in [0.05, 0.1) is 0 Å². The zero-order chi connectivity index (χ0) is 7.65. The van der Waals surface area contributed by atoms with Crippen molar-refractivity contribution in [2.45, 2.75) is 8.35 Å². The van der Waals surface area contributed by atoms with E-state index < -0.39 is 13.1 Å². The minimum atomic E-state index is -1.01. The number of rotatable bonds is 1. The monoisotopic (exact) mass is 356 g/mol. The van der Waals surface area contributed by atoms with Gasteiger partial charge in [0.2, 0.25) is 0 Å². The zero-order valence-electron chi connectivity index (χ0n) is 4.60. The molecule has 0 heterocycles. The number of aliphatic hydroxyl groups excluding tert-OH is 2. The highest BCUT2D eigenvalue weighted by molar-refractivity contribution is 14.2. The third kappa shape index (κ3) is 3.33. The second kappa shape index (κ2) is 3.13. The van der Waals surface area contributed by atoms with Crippen LogP contribution in [0.5, 0.6) is 0 Å². The lowest BCUT2D eigenvalue weighted by atomic mass is 10.4. The van der Waals surface area contributed by atoms with Crippen molar-refractivity contribution in [2.24, 2.45) is 0 Å². The van der Waals surface area contributed by atoms with Crippen LogP contribution in [-0.2, 0) is 0 Å². The Morgan fingerprint density at radius 1 is 1.22 bits per heavy atom. The Morgan fingerprint density at radius 2 is 1.56 bits per heavy atom. The van der Waals surface area contributed by atoms with Crippen LogP contribution in [0.1, 0.15) is 6.92 Å². The molecule has 0 saturated carbocycles. The highest BCUT2D eigenvalue weighted by Crippen LogP contribution is 2.33. The molecule has 0 atom stereocenters. The summed E-state index contributed by atoms with van der Waals surface area (Å²) in [5, 5.41) is 25.5. The Bertz CT molecular complexity index is 131. The number of hydrogen-bond donors (Lipinski definition) is 3. The molecule has 0 aliphatic rings. The number of hydrogen-bond acceptors (Lipinski definition) is 3. The van der Waals surface area contributed by atoms with Gasteiger partial charge in [0.25, 0.3) is 0 Å². The first-order valence-electron chi connectivity index (χ1n) is 2.05. The molecule has 0 unspecified atom stereocenters. The smallest absolute Gasteiger partial charge is 0.316 e. The van der Waals surface area contributed by atoms with E-state index in [0.717, 1.165) is 0 Å². The van der Waals surface area contributed by atoms with Crippen LogP contribution in [0.4, 0.5) is 0 Å². The molecule has 0 radical (unpaired) electrons. The van der Waals surface area contributed by atoms with Crippen LogP contribution in [-0.4, -0.2) is 16.7 Å². The Balaban J connectivity index is 4.40. The SMILES string of the molecule is CC(I)(I)C(O)=C(O)O. The molecule has 0 fully saturated rings. The minimum absolute atomic E-state index is 0.413. The van der Waals surface area contributed by atoms with E-state index in [9.17, 15) is 0 Å². The molecule has 0 spiro atoms. The Morgan fingerprint density at radius 3 is 1.56 bits per heavy atom. The van der Waals surface area contributed by atoms with Crippen LogP contribution >= 0.6 is 45.2 Å². The summed E-state index contributed by atoms with van der Waals surface area (Å²) < 4.78 is -0.644. The molecule has 0 saturated heterocycles. The van der Waals surface area contributed by atoms with Crippen molar-refractivity contribution in [1.82, 2.24) is 0 Å². The number of halogens is 2. The maximum Gasteiger partial charge on any atom is 0.316 e. The maximum absolute atomic E-state index is 8.83. The Labute approximate surface area is 80.1 Å². The van der Waals surface area contributed by atoms with Crippen LogP contribution < -0.4 is 0 Å². The van der Waals surface area contributed by atoms with Crippen molar-refractivity contribution in [3.05, 3.63) is 11.7 Å². The fourth-order valence-corrected chi connectivity index (χ4v) is 0.679. The molecule has 5 heteroatoms. The standard InChI is InChI=1S/C4H6I2O3/c1-4(5,6)2(7)3(8)9/h7-9H,1H3. The lowest BCUT2D eigenvalue weighted by Crippen LogP contribution is -2.10. The molecule has 0 aromatic heterocycles. The molecule has 0 aromatic rings. The van der Waals surface area contributed by atoms with Crippen molar-refractivity contribution in [1.29, 1.82) is 0 Å². The van der Waals surface area contributed by atoms with Crippen LogP contribution in [0.15, 0.2) is 11.7 Å².